The Hall–Kier alpha value is -0.830. The molecule has 0 amide bonds. The molecule has 1 N–H and O–H groups in total. The van der Waals surface area contributed by atoms with E-state index in [9.17, 15) is 9.90 Å². The maximum atomic E-state index is 11.5. The normalized spacial score (nSPS) is 43.5. The quantitative estimate of drug-likeness (QED) is 0.543. The summed E-state index contributed by atoms with van der Waals surface area (Å²) in [6, 6.07) is 0. The SMILES string of the molecule is CCOC(=O)C1C(O)[C@@]2(CC)C=CC12. The Morgan fingerprint density at radius 3 is 2.64 bits per heavy atom. The van der Waals surface area contributed by atoms with Crippen molar-refractivity contribution in [2.75, 3.05) is 6.61 Å². The van der Waals surface area contributed by atoms with Crippen LogP contribution in [0.5, 0.6) is 0 Å². The zero-order chi connectivity index (χ0) is 10.3. The molecule has 0 radical (unpaired) electrons. The summed E-state index contributed by atoms with van der Waals surface area (Å²) >= 11 is 0. The second kappa shape index (κ2) is 3.09. The maximum absolute atomic E-state index is 11.5. The minimum atomic E-state index is -0.540. The monoisotopic (exact) mass is 196 g/mol. The number of hydrogen-bond acceptors (Lipinski definition) is 3. The van der Waals surface area contributed by atoms with Crippen LogP contribution in [0.25, 0.3) is 0 Å². The third-order valence-corrected chi connectivity index (χ3v) is 3.68. The molecule has 2 rings (SSSR count). The molecule has 78 valence electrons. The molecule has 3 heteroatoms. The Bertz CT molecular complexity index is 284. The second-order valence-electron chi connectivity index (χ2n) is 4.07. The van der Waals surface area contributed by atoms with E-state index in [0.717, 1.165) is 6.42 Å². The first-order valence-electron chi connectivity index (χ1n) is 5.21. The molecule has 0 aromatic heterocycles. The highest BCUT2D eigenvalue weighted by atomic mass is 16.5. The molecule has 0 heterocycles. The van der Waals surface area contributed by atoms with Crippen molar-refractivity contribution in [1.29, 1.82) is 0 Å². The van der Waals surface area contributed by atoms with Crippen molar-refractivity contribution >= 4 is 5.97 Å². The number of fused-ring (bicyclic) bond motifs is 1. The summed E-state index contributed by atoms with van der Waals surface area (Å²) in [5.41, 5.74) is -0.114. The summed E-state index contributed by atoms with van der Waals surface area (Å²) in [5, 5.41) is 9.89. The fourth-order valence-corrected chi connectivity index (χ4v) is 2.69. The topological polar surface area (TPSA) is 46.5 Å². The molecule has 0 aromatic rings. The molecule has 0 saturated heterocycles. The van der Waals surface area contributed by atoms with Crippen LogP contribution in [-0.4, -0.2) is 23.8 Å². The number of carbonyl (C=O) groups is 1. The summed E-state index contributed by atoms with van der Waals surface area (Å²) in [7, 11) is 0. The molecule has 3 nitrogen and oxygen atoms in total. The van der Waals surface area contributed by atoms with Crippen molar-refractivity contribution in [1.82, 2.24) is 0 Å². The summed E-state index contributed by atoms with van der Waals surface area (Å²) in [5.74, 6) is -0.361. The first kappa shape index (κ1) is 9.71. The van der Waals surface area contributed by atoms with Gasteiger partial charge in [0.1, 0.15) is 0 Å². The number of allylic oxidation sites excluding steroid dienone is 1. The second-order valence-corrected chi connectivity index (χ2v) is 4.07. The van der Waals surface area contributed by atoms with E-state index in [1.165, 1.54) is 0 Å². The highest BCUT2D eigenvalue weighted by Crippen LogP contribution is 2.61. The number of carbonyl (C=O) groups excluding carboxylic acids is 1. The maximum Gasteiger partial charge on any atom is 0.312 e. The lowest BCUT2D eigenvalue weighted by atomic mass is 9.44. The van der Waals surface area contributed by atoms with Gasteiger partial charge in [0.05, 0.1) is 18.6 Å². The summed E-state index contributed by atoms with van der Waals surface area (Å²) < 4.78 is 4.93. The molecular formula is C11H16O3. The minimum absolute atomic E-state index is 0.114. The summed E-state index contributed by atoms with van der Waals surface area (Å²) in [4.78, 5) is 11.5. The van der Waals surface area contributed by atoms with E-state index in [0.29, 0.717) is 6.61 Å². The van der Waals surface area contributed by atoms with Gasteiger partial charge >= 0.3 is 5.97 Å². The number of hydrogen-bond donors (Lipinski definition) is 1. The lowest BCUT2D eigenvalue weighted by Crippen LogP contribution is -2.65. The molecule has 2 aliphatic rings. The van der Waals surface area contributed by atoms with Crippen molar-refractivity contribution in [3.05, 3.63) is 12.2 Å². The van der Waals surface area contributed by atoms with Crippen LogP contribution in [0.2, 0.25) is 0 Å². The molecule has 0 aromatic carbocycles. The molecule has 0 spiro atoms. The van der Waals surface area contributed by atoms with Gasteiger partial charge in [-0.25, -0.2) is 0 Å². The van der Waals surface area contributed by atoms with E-state index in [4.69, 9.17) is 4.74 Å². The molecule has 0 bridgehead atoms. The highest BCUT2D eigenvalue weighted by molar-refractivity contribution is 5.77. The van der Waals surface area contributed by atoms with Crippen molar-refractivity contribution in [2.24, 2.45) is 17.3 Å². The third-order valence-electron chi connectivity index (χ3n) is 3.68. The van der Waals surface area contributed by atoms with Gasteiger partial charge in [0.2, 0.25) is 0 Å². The van der Waals surface area contributed by atoms with Crippen LogP contribution in [0, 0.1) is 17.3 Å². The van der Waals surface area contributed by atoms with Gasteiger partial charge in [0, 0.05) is 11.3 Å². The number of rotatable bonds is 3. The van der Waals surface area contributed by atoms with Gasteiger partial charge in [-0.2, -0.15) is 0 Å². The van der Waals surface area contributed by atoms with E-state index in [2.05, 4.69) is 0 Å². The Kier molecular flexibility index (Phi) is 2.14. The third kappa shape index (κ3) is 0.934. The highest BCUT2D eigenvalue weighted by Gasteiger charge is 2.65. The fraction of sp³-hybridized carbons (Fsp3) is 0.727. The van der Waals surface area contributed by atoms with Gasteiger partial charge in [-0.15, -0.1) is 0 Å². The Morgan fingerprint density at radius 2 is 2.29 bits per heavy atom. The van der Waals surface area contributed by atoms with Gasteiger partial charge in [-0.05, 0) is 13.3 Å². The standard InChI is InChI=1S/C11H16O3/c1-3-11-6-5-7(11)8(9(11)12)10(13)14-4-2/h5-9,12H,3-4H2,1-2H3/t7?,8?,9?,11-/m0/s1. The average Bonchev–Trinajstić information content (AvgIpc) is 2.13. The fourth-order valence-electron chi connectivity index (χ4n) is 2.69. The average molecular weight is 196 g/mol. The van der Waals surface area contributed by atoms with Gasteiger partial charge in [0.25, 0.3) is 0 Å². The Morgan fingerprint density at radius 1 is 1.57 bits per heavy atom. The molecule has 14 heavy (non-hydrogen) atoms. The van der Waals surface area contributed by atoms with Crippen LogP contribution in [0.4, 0.5) is 0 Å². The predicted octanol–water partition coefficient (Wildman–Crippen LogP) is 1.12. The smallest absolute Gasteiger partial charge is 0.312 e. The van der Waals surface area contributed by atoms with Crippen LogP contribution in [0.3, 0.4) is 0 Å². The zero-order valence-electron chi connectivity index (χ0n) is 8.56. The lowest BCUT2D eigenvalue weighted by molar-refractivity contribution is -0.191. The van der Waals surface area contributed by atoms with Crippen LogP contribution in [0.15, 0.2) is 12.2 Å². The number of esters is 1. The van der Waals surface area contributed by atoms with Crippen molar-refractivity contribution in [3.8, 4) is 0 Å². The van der Waals surface area contributed by atoms with E-state index >= 15 is 0 Å². The molecule has 0 aliphatic heterocycles. The van der Waals surface area contributed by atoms with Crippen molar-refractivity contribution in [2.45, 2.75) is 26.4 Å². The predicted molar refractivity (Wildman–Crippen MR) is 51.5 cm³/mol. The van der Waals surface area contributed by atoms with E-state index in [1.807, 2.05) is 19.1 Å². The van der Waals surface area contributed by atoms with Gasteiger partial charge < -0.3 is 9.84 Å². The van der Waals surface area contributed by atoms with Gasteiger partial charge in [-0.3, -0.25) is 4.79 Å². The van der Waals surface area contributed by atoms with Gasteiger partial charge in [0.15, 0.2) is 0 Å². The Balaban J connectivity index is 2.06. The number of ether oxygens (including phenoxy) is 1. The van der Waals surface area contributed by atoms with E-state index in [-0.39, 0.29) is 23.2 Å². The largest absolute Gasteiger partial charge is 0.466 e. The summed E-state index contributed by atoms with van der Waals surface area (Å²) in [6.07, 6.45) is 4.39. The van der Waals surface area contributed by atoms with Crippen molar-refractivity contribution < 1.29 is 14.6 Å². The minimum Gasteiger partial charge on any atom is -0.466 e. The lowest BCUT2D eigenvalue weighted by Gasteiger charge is -2.60. The van der Waals surface area contributed by atoms with Crippen molar-refractivity contribution in [3.63, 3.8) is 0 Å². The Labute approximate surface area is 83.8 Å². The summed E-state index contributed by atoms with van der Waals surface area (Å²) in [6.45, 7) is 4.21. The molecule has 1 fully saturated rings. The molecular weight excluding hydrogens is 180 g/mol. The molecule has 3 unspecified atom stereocenters. The number of aliphatic hydroxyl groups is 1. The zero-order valence-corrected chi connectivity index (χ0v) is 8.56. The molecule has 2 aliphatic carbocycles. The van der Waals surface area contributed by atoms with Crippen LogP contribution < -0.4 is 0 Å². The number of aliphatic hydroxyl groups excluding tert-OH is 1. The van der Waals surface area contributed by atoms with Gasteiger partial charge in [-0.1, -0.05) is 19.1 Å². The first-order chi connectivity index (χ1) is 6.67. The molecule has 4 atom stereocenters. The molecule has 1 saturated carbocycles. The van der Waals surface area contributed by atoms with E-state index in [1.54, 1.807) is 6.92 Å². The van der Waals surface area contributed by atoms with Crippen LogP contribution >= 0.6 is 0 Å². The van der Waals surface area contributed by atoms with E-state index < -0.39 is 6.10 Å². The van der Waals surface area contributed by atoms with Crippen LogP contribution in [0.1, 0.15) is 20.3 Å². The van der Waals surface area contributed by atoms with Crippen LogP contribution in [-0.2, 0) is 9.53 Å². The first-order valence-corrected chi connectivity index (χ1v) is 5.21.